The molecule has 0 unspecified atom stereocenters. The van der Waals surface area contributed by atoms with E-state index in [-0.39, 0.29) is 28.5 Å². The van der Waals surface area contributed by atoms with E-state index in [4.69, 9.17) is 8.83 Å². The fourth-order valence-electron chi connectivity index (χ4n) is 2.91. The molecule has 4 aromatic rings. The van der Waals surface area contributed by atoms with Gasteiger partial charge in [-0.05, 0) is 48.5 Å². The first-order valence-corrected chi connectivity index (χ1v) is 9.11. The lowest BCUT2D eigenvalue weighted by atomic mass is 10.1. The second kappa shape index (κ2) is 8.37. The Bertz CT molecular complexity index is 1260. The van der Waals surface area contributed by atoms with Gasteiger partial charge in [0, 0.05) is 17.4 Å². The number of amides is 2. The number of carbonyl (C=O) groups is 2. The summed E-state index contributed by atoms with van der Waals surface area (Å²) in [6, 6.07) is 18.7. The molecule has 2 heterocycles. The number of nitro groups is 1. The number of rotatable bonds is 6. The molecule has 2 N–H and O–H groups in total. The van der Waals surface area contributed by atoms with Crippen LogP contribution in [0.4, 0.5) is 17.1 Å². The smallest absolute Gasteiger partial charge is 0.291 e. The third-order valence-electron chi connectivity index (χ3n) is 4.32. The molecule has 154 valence electrons. The van der Waals surface area contributed by atoms with E-state index in [0.29, 0.717) is 11.4 Å². The zero-order valence-corrected chi connectivity index (χ0v) is 15.9. The van der Waals surface area contributed by atoms with Gasteiger partial charge in [0.2, 0.25) is 0 Å². The Hall–Kier alpha value is -4.66. The van der Waals surface area contributed by atoms with Gasteiger partial charge in [0.05, 0.1) is 16.7 Å². The van der Waals surface area contributed by atoms with Crippen LogP contribution >= 0.6 is 0 Å². The molecule has 0 aliphatic carbocycles. The molecule has 0 atom stereocenters. The van der Waals surface area contributed by atoms with Gasteiger partial charge in [-0.3, -0.25) is 19.7 Å². The van der Waals surface area contributed by atoms with Crippen LogP contribution in [0.15, 0.2) is 87.9 Å². The maximum Gasteiger partial charge on any atom is 0.291 e. The number of carbonyl (C=O) groups excluding carboxylic acids is 2. The van der Waals surface area contributed by atoms with Gasteiger partial charge in [0.25, 0.3) is 17.5 Å². The fraction of sp³-hybridized carbons (Fsp3) is 0. The van der Waals surface area contributed by atoms with Crippen molar-refractivity contribution in [2.75, 3.05) is 10.6 Å². The predicted octanol–water partition coefficient (Wildman–Crippen LogP) is 4.95. The SMILES string of the molecule is O=C(Nc1cccc(NC(=O)c2ccc(-c3ccccc3[N+](=O)[O-])o2)c1)c1ccco1. The van der Waals surface area contributed by atoms with E-state index in [2.05, 4.69) is 10.6 Å². The van der Waals surface area contributed by atoms with E-state index in [1.807, 2.05) is 0 Å². The standard InChI is InChI=1S/C22H15N3O6/c26-21(19-9-4-12-30-19)23-14-5-3-6-15(13-14)24-22(27)20-11-10-18(31-20)16-7-1-2-8-17(16)25(28)29/h1-13H,(H,23,26)(H,24,27). The monoisotopic (exact) mass is 417 g/mol. The summed E-state index contributed by atoms with van der Waals surface area (Å²) in [6.45, 7) is 0. The third-order valence-corrected chi connectivity index (χ3v) is 4.32. The van der Waals surface area contributed by atoms with Crippen LogP contribution < -0.4 is 10.6 Å². The molecule has 0 aliphatic rings. The Kier molecular flexibility index (Phi) is 5.31. The van der Waals surface area contributed by atoms with Crippen molar-refractivity contribution in [2.45, 2.75) is 0 Å². The Balaban J connectivity index is 1.48. The number of furan rings is 2. The molecule has 0 radical (unpaired) electrons. The maximum absolute atomic E-state index is 12.6. The van der Waals surface area contributed by atoms with Crippen LogP contribution in [0.5, 0.6) is 0 Å². The van der Waals surface area contributed by atoms with Crippen molar-refractivity contribution >= 4 is 28.9 Å². The third kappa shape index (κ3) is 4.35. The number of hydrogen-bond donors (Lipinski definition) is 2. The number of nitrogens with one attached hydrogen (secondary N) is 2. The van der Waals surface area contributed by atoms with Crippen LogP contribution in [-0.4, -0.2) is 16.7 Å². The number of benzene rings is 2. The topological polar surface area (TPSA) is 128 Å². The molecule has 0 saturated carbocycles. The average Bonchev–Trinajstić information content (AvgIpc) is 3.46. The van der Waals surface area contributed by atoms with E-state index < -0.39 is 16.7 Å². The number of hydrogen-bond acceptors (Lipinski definition) is 6. The van der Waals surface area contributed by atoms with Gasteiger partial charge >= 0.3 is 0 Å². The molecule has 2 aromatic heterocycles. The summed E-state index contributed by atoms with van der Waals surface area (Å²) in [5.41, 5.74) is 1.03. The number of nitro benzene ring substituents is 1. The maximum atomic E-state index is 12.6. The Morgan fingerprint density at radius 3 is 2.19 bits per heavy atom. The minimum absolute atomic E-state index is 0.0156. The predicted molar refractivity (Wildman–Crippen MR) is 112 cm³/mol. The van der Waals surface area contributed by atoms with Gasteiger partial charge < -0.3 is 19.5 Å². The molecule has 4 rings (SSSR count). The molecular weight excluding hydrogens is 402 g/mol. The zero-order valence-electron chi connectivity index (χ0n) is 15.9. The number of anilines is 2. The zero-order chi connectivity index (χ0) is 21.8. The lowest BCUT2D eigenvalue weighted by Gasteiger charge is -2.07. The van der Waals surface area contributed by atoms with Gasteiger partial charge in [0.1, 0.15) is 5.76 Å². The highest BCUT2D eigenvalue weighted by molar-refractivity contribution is 6.04. The fourth-order valence-corrected chi connectivity index (χ4v) is 2.91. The summed E-state index contributed by atoms with van der Waals surface area (Å²) in [5, 5.41) is 16.5. The van der Waals surface area contributed by atoms with Crippen LogP contribution in [-0.2, 0) is 0 Å². The summed E-state index contributed by atoms with van der Waals surface area (Å²) in [6.07, 6.45) is 1.40. The molecule has 2 amide bonds. The first kappa shape index (κ1) is 19.6. The minimum Gasteiger partial charge on any atom is -0.459 e. The van der Waals surface area contributed by atoms with Crippen molar-refractivity contribution < 1.29 is 23.3 Å². The van der Waals surface area contributed by atoms with Gasteiger partial charge in [-0.15, -0.1) is 0 Å². The molecule has 2 aromatic carbocycles. The molecule has 31 heavy (non-hydrogen) atoms. The molecule has 0 aliphatic heterocycles. The highest BCUT2D eigenvalue weighted by Crippen LogP contribution is 2.31. The van der Waals surface area contributed by atoms with E-state index in [0.717, 1.165) is 0 Å². The van der Waals surface area contributed by atoms with Crippen molar-refractivity contribution in [3.8, 4) is 11.3 Å². The minimum atomic E-state index is -0.542. The summed E-state index contributed by atoms with van der Waals surface area (Å²) in [4.78, 5) is 35.3. The van der Waals surface area contributed by atoms with Gasteiger partial charge in [-0.25, -0.2) is 0 Å². The molecule has 0 spiro atoms. The first-order chi connectivity index (χ1) is 15.0. The van der Waals surface area contributed by atoms with Gasteiger partial charge in [-0.1, -0.05) is 18.2 Å². The van der Waals surface area contributed by atoms with Gasteiger partial charge in [0.15, 0.2) is 11.5 Å². The van der Waals surface area contributed by atoms with Crippen molar-refractivity contribution in [3.63, 3.8) is 0 Å². The van der Waals surface area contributed by atoms with Crippen molar-refractivity contribution in [2.24, 2.45) is 0 Å². The second-order valence-corrected chi connectivity index (χ2v) is 6.40. The molecular formula is C22H15N3O6. The largest absolute Gasteiger partial charge is 0.459 e. The summed E-state index contributed by atoms with van der Waals surface area (Å²) in [7, 11) is 0. The Morgan fingerprint density at radius 2 is 1.52 bits per heavy atom. The summed E-state index contributed by atoms with van der Waals surface area (Å²) >= 11 is 0. The lowest BCUT2D eigenvalue weighted by Crippen LogP contribution is -2.13. The molecule has 9 nitrogen and oxygen atoms in total. The van der Waals surface area contributed by atoms with Crippen LogP contribution in [0.25, 0.3) is 11.3 Å². The van der Waals surface area contributed by atoms with Crippen molar-refractivity contribution in [3.05, 3.63) is 101 Å². The van der Waals surface area contributed by atoms with E-state index in [1.54, 1.807) is 48.5 Å². The van der Waals surface area contributed by atoms with Crippen molar-refractivity contribution in [1.82, 2.24) is 0 Å². The number of nitrogens with zero attached hydrogens (tertiary/aromatic N) is 1. The van der Waals surface area contributed by atoms with E-state index in [1.165, 1.54) is 30.5 Å². The first-order valence-electron chi connectivity index (χ1n) is 9.11. The Morgan fingerprint density at radius 1 is 0.806 bits per heavy atom. The Labute approximate surface area is 175 Å². The lowest BCUT2D eigenvalue weighted by molar-refractivity contribution is -0.384. The van der Waals surface area contributed by atoms with Crippen LogP contribution in [0, 0.1) is 10.1 Å². The van der Waals surface area contributed by atoms with Crippen LogP contribution in [0.2, 0.25) is 0 Å². The van der Waals surface area contributed by atoms with Crippen LogP contribution in [0.3, 0.4) is 0 Å². The average molecular weight is 417 g/mol. The van der Waals surface area contributed by atoms with Gasteiger partial charge in [-0.2, -0.15) is 0 Å². The molecule has 9 heteroatoms. The van der Waals surface area contributed by atoms with E-state index in [9.17, 15) is 19.7 Å². The summed E-state index contributed by atoms with van der Waals surface area (Å²) < 4.78 is 10.6. The second-order valence-electron chi connectivity index (χ2n) is 6.40. The van der Waals surface area contributed by atoms with Crippen LogP contribution in [0.1, 0.15) is 21.1 Å². The number of para-hydroxylation sites is 1. The highest BCUT2D eigenvalue weighted by atomic mass is 16.6. The normalized spacial score (nSPS) is 10.5. The summed E-state index contributed by atoms with van der Waals surface area (Å²) in [5.74, 6) is -0.615. The quantitative estimate of drug-likeness (QED) is 0.337. The molecule has 0 fully saturated rings. The molecule has 0 bridgehead atoms. The molecule has 0 saturated heterocycles. The van der Waals surface area contributed by atoms with Crippen molar-refractivity contribution in [1.29, 1.82) is 0 Å². The highest BCUT2D eigenvalue weighted by Gasteiger charge is 2.19. The van der Waals surface area contributed by atoms with E-state index >= 15 is 0 Å².